The number of alkyl halides is 2. The number of nitrogens with zero attached hydrogens (tertiary/aromatic N) is 3. The third-order valence-electron chi connectivity index (χ3n) is 5.01. The maximum absolute atomic E-state index is 14.4. The molecule has 134 valence electrons. The number of aromatic nitrogens is 3. The van der Waals surface area contributed by atoms with Gasteiger partial charge >= 0.3 is 0 Å². The Labute approximate surface area is 144 Å². The number of hydrogen-bond donors (Lipinski definition) is 1. The van der Waals surface area contributed by atoms with E-state index in [-0.39, 0.29) is 18.9 Å². The third kappa shape index (κ3) is 3.50. The summed E-state index contributed by atoms with van der Waals surface area (Å²) in [5, 5.41) is 7.65. The van der Waals surface area contributed by atoms with Gasteiger partial charge in [-0.15, -0.1) is 0 Å². The smallest absolute Gasteiger partial charge is 0.248 e. The first-order valence-corrected chi connectivity index (χ1v) is 8.78. The molecule has 2 fully saturated rings. The molecule has 2 saturated carbocycles. The average Bonchev–Trinajstić information content (AvgIpc) is 3.28. The maximum Gasteiger partial charge on any atom is 0.248 e. The molecular weight excluding hydrogens is 329 g/mol. The lowest BCUT2D eigenvalue weighted by molar-refractivity contribution is -0.0449. The van der Waals surface area contributed by atoms with Crippen LogP contribution in [0.3, 0.4) is 0 Å². The van der Waals surface area contributed by atoms with Crippen molar-refractivity contribution in [1.29, 1.82) is 0 Å². The Hall–Kier alpha value is -2.05. The van der Waals surface area contributed by atoms with Crippen molar-refractivity contribution >= 4 is 5.82 Å². The summed E-state index contributed by atoms with van der Waals surface area (Å²) in [6, 6.07) is 3.79. The summed E-state index contributed by atoms with van der Waals surface area (Å²) in [7, 11) is 0. The zero-order chi connectivity index (χ0) is 17.6. The van der Waals surface area contributed by atoms with E-state index >= 15 is 0 Å². The van der Waals surface area contributed by atoms with Gasteiger partial charge in [0, 0.05) is 25.1 Å². The Morgan fingerprint density at radius 2 is 1.88 bits per heavy atom. The number of pyridine rings is 1. The second kappa shape index (κ2) is 6.04. The van der Waals surface area contributed by atoms with Crippen LogP contribution in [-0.4, -0.2) is 26.7 Å². The lowest BCUT2D eigenvalue weighted by Crippen LogP contribution is -2.26. The fourth-order valence-corrected chi connectivity index (χ4v) is 3.35. The summed E-state index contributed by atoms with van der Waals surface area (Å²) >= 11 is 0. The van der Waals surface area contributed by atoms with Crippen molar-refractivity contribution in [3.63, 3.8) is 0 Å². The quantitative estimate of drug-likeness (QED) is 0.812. The Morgan fingerprint density at radius 1 is 1.16 bits per heavy atom. The molecule has 7 heteroatoms. The summed E-state index contributed by atoms with van der Waals surface area (Å²) in [6.07, 6.45) is 4.53. The normalized spacial score (nSPS) is 20.6. The number of anilines is 1. The molecule has 2 aromatic heterocycles. The molecule has 1 N–H and O–H groups in total. The van der Waals surface area contributed by atoms with E-state index in [4.69, 9.17) is 0 Å². The SMILES string of the molecule is Cc1cn(C2CCC(F)(F)CC2)nc1-c1ccc(NC2CC2)nc1F. The van der Waals surface area contributed by atoms with Crippen molar-refractivity contribution in [3.05, 3.63) is 29.8 Å². The molecule has 0 amide bonds. The van der Waals surface area contributed by atoms with Crippen molar-refractivity contribution in [2.24, 2.45) is 0 Å². The summed E-state index contributed by atoms with van der Waals surface area (Å²) in [4.78, 5) is 3.99. The van der Waals surface area contributed by atoms with Crippen molar-refractivity contribution in [3.8, 4) is 11.3 Å². The van der Waals surface area contributed by atoms with Crippen LogP contribution in [0.2, 0.25) is 0 Å². The van der Waals surface area contributed by atoms with Gasteiger partial charge in [-0.1, -0.05) is 0 Å². The number of rotatable bonds is 4. The number of hydrogen-bond acceptors (Lipinski definition) is 3. The van der Waals surface area contributed by atoms with Gasteiger partial charge in [-0.05, 0) is 50.3 Å². The molecule has 0 atom stereocenters. The number of halogens is 3. The molecule has 0 spiro atoms. The van der Waals surface area contributed by atoms with E-state index in [0.29, 0.717) is 36.0 Å². The molecule has 0 unspecified atom stereocenters. The van der Waals surface area contributed by atoms with Gasteiger partial charge in [-0.3, -0.25) is 4.68 Å². The largest absolute Gasteiger partial charge is 0.367 e. The van der Waals surface area contributed by atoms with Crippen LogP contribution in [0.5, 0.6) is 0 Å². The predicted octanol–water partition coefficient (Wildman–Crippen LogP) is 4.72. The van der Waals surface area contributed by atoms with Gasteiger partial charge in [0.05, 0.1) is 17.3 Å². The molecule has 0 bridgehead atoms. The molecule has 25 heavy (non-hydrogen) atoms. The molecular formula is C18H21F3N4. The highest BCUT2D eigenvalue weighted by molar-refractivity contribution is 5.63. The van der Waals surface area contributed by atoms with E-state index < -0.39 is 11.9 Å². The van der Waals surface area contributed by atoms with Crippen LogP contribution in [0.1, 0.15) is 50.1 Å². The molecule has 2 heterocycles. The minimum atomic E-state index is -2.57. The average molecular weight is 350 g/mol. The molecule has 0 aromatic carbocycles. The minimum absolute atomic E-state index is 0.0566. The molecule has 2 aliphatic rings. The van der Waals surface area contributed by atoms with Crippen LogP contribution in [-0.2, 0) is 0 Å². The highest BCUT2D eigenvalue weighted by Gasteiger charge is 2.36. The molecule has 2 aliphatic carbocycles. The lowest BCUT2D eigenvalue weighted by atomic mass is 9.92. The van der Waals surface area contributed by atoms with Crippen molar-refractivity contribution in [2.75, 3.05) is 5.32 Å². The summed E-state index contributed by atoms with van der Waals surface area (Å²) in [6.45, 7) is 1.85. The van der Waals surface area contributed by atoms with Gasteiger partial charge in [0.15, 0.2) is 0 Å². The maximum atomic E-state index is 14.4. The van der Waals surface area contributed by atoms with Gasteiger partial charge in [-0.2, -0.15) is 9.49 Å². The Bertz CT molecular complexity index is 773. The molecule has 0 saturated heterocycles. The zero-order valence-electron chi connectivity index (χ0n) is 14.1. The molecule has 2 aromatic rings. The highest BCUT2D eigenvalue weighted by atomic mass is 19.3. The van der Waals surface area contributed by atoms with Crippen molar-refractivity contribution in [1.82, 2.24) is 14.8 Å². The van der Waals surface area contributed by atoms with Crippen LogP contribution in [0.15, 0.2) is 18.3 Å². The number of nitrogens with one attached hydrogen (secondary N) is 1. The summed E-state index contributed by atoms with van der Waals surface area (Å²) in [5.74, 6) is -2.59. The van der Waals surface area contributed by atoms with Gasteiger partial charge in [0.25, 0.3) is 0 Å². The third-order valence-corrected chi connectivity index (χ3v) is 5.01. The second-order valence-electron chi connectivity index (χ2n) is 7.18. The van der Waals surface area contributed by atoms with Crippen LogP contribution < -0.4 is 5.32 Å². The zero-order valence-corrected chi connectivity index (χ0v) is 14.1. The number of aryl methyl sites for hydroxylation is 1. The minimum Gasteiger partial charge on any atom is -0.367 e. The summed E-state index contributed by atoms with van der Waals surface area (Å²) in [5.41, 5.74) is 1.69. The Balaban J connectivity index is 1.56. The highest BCUT2D eigenvalue weighted by Crippen LogP contribution is 2.39. The van der Waals surface area contributed by atoms with Crippen molar-refractivity contribution < 1.29 is 13.2 Å². The van der Waals surface area contributed by atoms with Gasteiger partial charge in [-0.25, -0.2) is 13.8 Å². The van der Waals surface area contributed by atoms with E-state index in [0.717, 1.165) is 18.4 Å². The predicted molar refractivity (Wildman–Crippen MR) is 89.2 cm³/mol. The molecule has 0 aliphatic heterocycles. The molecule has 4 nitrogen and oxygen atoms in total. The van der Waals surface area contributed by atoms with Crippen LogP contribution in [0.25, 0.3) is 11.3 Å². The Morgan fingerprint density at radius 3 is 2.52 bits per heavy atom. The van der Waals surface area contributed by atoms with Gasteiger partial charge in [0.2, 0.25) is 11.9 Å². The Kier molecular flexibility index (Phi) is 3.96. The fourth-order valence-electron chi connectivity index (χ4n) is 3.35. The first kappa shape index (κ1) is 16.4. The molecule has 4 rings (SSSR count). The standard InChI is InChI=1S/C18H21F3N4/c1-11-10-25(13-6-8-18(20,21)9-7-13)24-16(11)14-4-5-15(23-17(14)19)22-12-2-3-12/h4-5,10,12-13H,2-3,6-9H2,1H3,(H,22,23). The van der Waals surface area contributed by atoms with E-state index in [1.54, 1.807) is 16.8 Å². The fraction of sp³-hybridized carbons (Fsp3) is 0.556. The van der Waals surface area contributed by atoms with Gasteiger partial charge < -0.3 is 5.32 Å². The first-order chi connectivity index (χ1) is 11.9. The van der Waals surface area contributed by atoms with Crippen LogP contribution in [0, 0.1) is 12.9 Å². The topological polar surface area (TPSA) is 42.7 Å². The lowest BCUT2D eigenvalue weighted by Gasteiger charge is -2.28. The van der Waals surface area contributed by atoms with Crippen LogP contribution >= 0.6 is 0 Å². The van der Waals surface area contributed by atoms with E-state index in [2.05, 4.69) is 15.4 Å². The van der Waals surface area contributed by atoms with E-state index in [1.807, 2.05) is 13.1 Å². The second-order valence-corrected chi connectivity index (χ2v) is 7.18. The monoisotopic (exact) mass is 350 g/mol. The van der Waals surface area contributed by atoms with Crippen molar-refractivity contribution in [2.45, 2.75) is 63.5 Å². The molecule has 0 radical (unpaired) electrons. The van der Waals surface area contributed by atoms with Gasteiger partial charge in [0.1, 0.15) is 5.82 Å². The first-order valence-electron chi connectivity index (χ1n) is 8.78. The van der Waals surface area contributed by atoms with Crippen LogP contribution in [0.4, 0.5) is 19.0 Å². The summed E-state index contributed by atoms with van der Waals surface area (Å²) < 4.78 is 42.8. The van der Waals surface area contributed by atoms with E-state index in [1.165, 1.54) is 0 Å². The van der Waals surface area contributed by atoms with E-state index in [9.17, 15) is 13.2 Å².